The second-order valence-electron chi connectivity index (χ2n) is 4.52. The van der Waals surface area contributed by atoms with Crippen LogP contribution in [-0.2, 0) is 0 Å². The van der Waals surface area contributed by atoms with Crippen molar-refractivity contribution >= 4 is 5.91 Å². The van der Waals surface area contributed by atoms with Crippen LogP contribution in [-0.4, -0.2) is 28.5 Å². The normalized spacial score (nSPS) is 10.2. The Kier molecular flexibility index (Phi) is 4.73. The molecule has 0 aromatic heterocycles. The van der Waals surface area contributed by atoms with E-state index < -0.39 is 0 Å². The van der Waals surface area contributed by atoms with Gasteiger partial charge in [-0.15, -0.1) is 0 Å². The van der Waals surface area contributed by atoms with Gasteiger partial charge in [0, 0.05) is 12.6 Å². The Morgan fingerprint density at radius 3 is 2.67 bits per heavy atom. The number of aryl methyl sites for hydroxylation is 1. The number of carbonyl (C=O) groups excluding carboxylic acids is 1. The molecule has 0 radical (unpaired) electrons. The summed E-state index contributed by atoms with van der Waals surface area (Å²) in [6.45, 7) is 6.01. The Morgan fingerprint density at radius 1 is 1.50 bits per heavy atom. The van der Waals surface area contributed by atoms with Crippen LogP contribution < -0.4 is 0 Å². The third kappa shape index (κ3) is 3.24. The Morgan fingerprint density at radius 2 is 2.17 bits per heavy atom. The zero-order valence-corrected chi connectivity index (χ0v) is 11.0. The molecule has 0 saturated carbocycles. The summed E-state index contributed by atoms with van der Waals surface area (Å²) in [6, 6.07) is 6.99. The number of hydrogen-bond acceptors (Lipinski definition) is 3. The van der Waals surface area contributed by atoms with Gasteiger partial charge < -0.3 is 10.0 Å². The van der Waals surface area contributed by atoms with Crippen LogP contribution in [0.15, 0.2) is 18.2 Å². The van der Waals surface area contributed by atoms with Gasteiger partial charge in [0.25, 0.3) is 5.91 Å². The number of nitrogens with zero attached hydrogens (tertiary/aromatic N) is 2. The number of rotatable bonds is 4. The summed E-state index contributed by atoms with van der Waals surface area (Å²) in [4.78, 5) is 13.9. The summed E-state index contributed by atoms with van der Waals surface area (Å²) < 4.78 is 0. The molecule has 4 nitrogen and oxygen atoms in total. The van der Waals surface area contributed by atoms with E-state index in [4.69, 9.17) is 5.26 Å². The van der Waals surface area contributed by atoms with Gasteiger partial charge in [-0.3, -0.25) is 4.79 Å². The highest BCUT2D eigenvalue weighted by molar-refractivity contribution is 5.97. The number of carbonyl (C=O) groups is 1. The Labute approximate surface area is 107 Å². The second kappa shape index (κ2) is 6.06. The molecule has 18 heavy (non-hydrogen) atoms. The number of benzene rings is 1. The van der Waals surface area contributed by atoms with E-state index in [2.05, 4.69) is 0 Å². The largest absolute Gasteiger partial charge is 0.507 e. The van der Waals surface area contributed by atoms with Crippen LogP contribution in [0.1, 0.15) is 36.2 Å². The van der Waals surface area contributed by atoms with E-state index in [1.54, 1.807) is 23.1 Å². The molecular weight excluding hydrogens is 228 g/mol. The Balaban J connectivity index is 2.99. The molecule has 1 aromatic rings. The lowest BCUT2D eigenvalue weighted by Gasteiger charge is -2.26. The fraction of sp³-hybridized carbons (Fsp3) is 0.429. The first-order valence-corrected chi connectivity index (χ1v) is 5.95. The van der Waals surface area contributed by atoms with Crippen molar-refractivity contribution in [3.05, 3.63) is 29.3 Å². The van der Waals surface area contributed by atoms with E-state index in [9.17, 15) is 9.90 Å². The highest BCUT2D eigenvalue weighted by Gasteiger charge is 2.20. The molecule has 96 valence electrons. The first-order chi connectivity index (χ1) is 8.47. The Hall–Kier alpha value is -2.02. The lowest BCUT2D eigenvalue weighted by Crippen LogP contribution is -2.37. The predicted octanol–water partition coefficient (Wildman–Crippen LogP) is 2.46. The second-order valence-corrected chi connectivity index (χ2v) is 4.52. The van der Waals surface area contributed by atoms with E-state index in [1.807, 2.05) is 26.8 Å². The number of amides is 1. The van der Waals surface area contributed by atoms with Crippen LogP contribution >= 0.6 is 0 Å². The summed E-state index contributed by atoms with van der Waals surface area (Å²) >= 11 is 0. The molecule has 1 N–H and O–H groups in total. The zero-order valence-electron chi connectivity index (χ0n) is 11.0. The van der Waals surface area contributed by atoms with Crippen molar-refractivity contribution in [1.82, 2.24) is 4.90 Å². The average Bonchev–Trinajstić information content (AvgIpc) is 2.28. The van der Waals surface area contributed by atoms with Crippen molar-refractivity contribution in [2.24, 2.45) is 0 Å². The number of nitriles is 1. The van der Waals surface area contributed by atoms with Crippen LogP contribution in [0.2, 0.25) is 0 Å². The quantitative estimate of drug-likeness (QED) is 0.887. The van der Waals surface area contributed by atoms with Gasteiger partial charge in [-0.25, -0.2) is 0 Å². The lowest BCUT2D eigenvalue weighted by molar-refractivity contribution is 0.0707. The number of aromatic hydroxyl groups is 1. The van der Waals surface area contributed by atoms with E-state index in [1.165, 1.54) is 0 Å². The van der Waals surface area contributed by atoms with Gasteiger partial charge in [0.05, 0.1) is 18.1 Å². The minimum absolute atomic E-state index is 0.00782. The Bertz CT molecular complexity index is 475. The van der Waals surface area contributed by atoms with Crippen LogP contribution in [0.4, 0.5) is 0 Å². The van der Waals surface area contributed by atoms with Gasteiger partial charge in [-0.2, -0.15) is 5.26 Å². The summed E-state index contributed by atoms with van der Waals surface area (Å²) in [6.07, 6.45) is 0.288. The monoisotopic (exact) mass is 246 g/mol. The predicted molar refractivity (Wildman–Crippen MR) is 69.2 cm³/mol. The van der Waals surface area contributed by atoms with E-state index >= 15 is 0 Å². The molecule has 1 amide bonds. The highest BCUT2D eigenvalue weighted by atomic mass is 16.3. The molecule has 4 heteroatoms. The summed E-state index contributed by atoms with van der Waals surface area (Å²) in [7, 11) is 0. The third-order valence-corrected chi connectivity index (χ3v) is 2.73. The molecule has 0 bridgehead atoms. The molecular formula is C14H18N2O2. The van der Waals surface area contributed by atoms with E-state index in [0.717, 1.165) is 5.56 Å². The lowest BCUT2D eigenvalue weighted by atomic mass is 10.1. The topological polar surface area (TPSA) is 64.3 Å². The van der Waals surface area contributed by atoms with E-state index in [0.29, 0.717) is 6.54 Å². The van der Waals surface area contributed by atoms with Gasteiger partial charge >= 0.3 is 0 Å². The summed E-state index contributed by atoms with van der Waals surface area (Å²) in [5.74, 6) is -0.250. The smallest absolute Gasteiger partial charge is 0.257 e. The fourth-order valence-corrected chi connectivity index (χ4v) is 1.74. The first kappa shape index (κ1) is 14.0. The first-order valence-electron chi connectivity index (χ1n) is 5.95. The van der Waals surface area contributed by atoms with Gasteiger partial charge in [0.2, 0.25) is 0 Å². The maximum absolute atomic E-state index is 12.3. The molecule has 1 rings (SSSR count). The van der Waals surface area contributed by atoms with Crippen molar-refractivity contribution < 1.29 is 9.90 Å². The van der Waals surface area contributed by atoms with Crippen molar-refractivity contribution in [2.75, 3.05) is 6.54 Å². The van der Waals surface area contributed by atoms with Crippen molar-refractivity contribution in [3.8, 4) is 11.8 Å². The third-order valence-electron chi connectivity index (χ3n) is 2.73. The summed E-state index contributed by atoms with van der Waals surface area (Å²) in [5, 5.41) is 18.4. The maximum Gasteiger partial charge on any atom is 0.257 e. The van der Waals surface area contributed by atoms with Crippen molar-refractivity contribution in [2.45, 2.75) is 33.2 Å². The molecule has 0 aliphatic heterocycles. The van der Waals surface area contributed by atoms with Gasteiger partial charge in [-0.05, 0) is 38.5 Å². The van der Waals surface area contributed by atoms with Crippen LogP contribution in [0, 0.1) is 18.3 Å². The summed E-state index contributed by atoms with van der Waals surface area (Å²) in [5.41, 5.74) is 1.18. The van der Waals surface area contributed by atoms with Crippen LogP contribution in [0.3, 0.4) is 0 Å². The van der Waals surface area contributed by atoms with Crippen molar-refractivity contribution in [3.63, 3.8) is 0 Å². The van der Waals surface area contributed by atoms with Gasteiger partial charge in [-0.1, -0.05) is 6.07 Å². The zero-order chi connectivity index (χ0) is 13.7. The average molecular weight is 246 g/mol. The maximum atomic E-state index is 12.3. The van der Waals surface area contributed by atoms with Crippen molar-refractivity contribution in [1.29, 1.82) is 5.26 Å². The fourth-order valence-electron chi connectivity index (χ4n) is 1.74. The molecule has 0 atom stereocenters. The minimum Gasteiger partial charge on any atom is -0.507 e. The highest BCUT2D eigenvalue weighted by Crippen LogP contribution is 2.21. The van der Waals surface area contributed by atoms with E-state index in [-0.39, 0.29) is 29.7 Å². The van der Waals surface area contributed by atoms with Crippen LogP contribution in [0.25, 0.3) is 0 Å². The SMILES string of the molecule is Cc1ccc(C(=O)N(CCC#N)C(C)C)c(O)c1. The number of hydrogen-bond donors (Lipinski definition) is 1. The van der Waals surface area contributed by atoms with Crippen LogP contribution in [0.5, 0.6) is 5.75 Å². The molecule has 0 aliphatic rings. The molecule has 0 unspecified atom stereocenters. The molecule has 0 spiro atoms. The van der Waals surface area contributed by atoms with Gasteiger partial charge in [0.15, 0.2) is 0 Å². The molecule has 0 aliphatic carbocycles. The molecule has 1 aromatic carbocycles. The molecule has 0 fully saturated rings. The minimum atomic E-state index is -0.238. The molecule has 0 heterocycles. The molecule has 0 saturated heterocycles. The van der Waals surface area contributed by atoms with Gasteiger partial charge in [0.1, 0.15) is 5.75 Å². The number of phenolic OH excluding ortho intramolecular Hbond substituents is 1. The standard InChI is InChI=1S/C14H18N2O2/c1-10(2)16(8-4-7-15)14(18)12-6-5-11(3)9-13(12)17/h5-6,9-10,17H,4,8H2,1-3H3. The number of phenols is 1.